The number of hydrogen-bond acceptors (Lipinski definition) is 5. The van der Waals surface area contributed by atoms with Gasteiger partial charge in [0.2, 0.25) is 0 Å². The molecular weight excluding hydrogens is 436 g/mol. The van der Waals surface area contributed by atoms with Crippen molar-refractivity contribution in [1.82, 2.24) is 0 Å². The van der Waals surface area contributed by atoms with Gasteiger partial charge in [-0.2, -0.15) is 0 Å². The van der Waals surface area contributed by atoms with Crippen LogP contribution in [0.2, 0.25) is 5.02 Å². The fraction of sp³-hybridized carbons (Fsp3) is 0.478. The van der Waals surface area contributed by atoms with E-state index in [0.717, 1.165) is 48.1 Å². The summed E-state index contributed by atoms with van der Waals surface area (Å²) < 4.78 is 0. The molecule has 0 aliphatic heterocycles. The number of aliphatic hydroxyl groups is 1. The van der Waals surface area contributed by atoms with Gasteiger partial charge in [0.25, 0.3) is 5.91 Å². The number of nitrogens with one attached hydrogen (secondary N) is 2. The van der Waals surface area contributed by atoms with E-state index in [9.17, 15) is 19.8 Å². The Morgan fingerprint density at radius 2 is 1.97 bits per heavy atom. The summed E-state index contributed by atoms with van der Waals surface area (Å²) in [5, 5.41) is 27.8. The summed E-state index contributed by atoms with van der Waals surface area (Å²) in [6, 6.07) is 5.32. The summed E-state index contributed by atoms with van der Waals surface area (Å²) >= 11 is 7.53. The Bertz CT molecular complexity index is 1010. The Morgan fingerprint density at radius 1 is 1.19 bits per heavy atom. The molecule has 6 nitrogen and oxygen atoms in total. The molecule has 3 atom stereocenters. The van der Waals surface area contributed by atoms with Crippen LogP contribution in [0.5, 0.6) is 0 Å². The van der Waals surface area contributed by atoms with Crippen LogP contribution < -0.4 is 10.6 Å². The van der Waals surface area contributed by atoms with Crippen molar-refractivity contribution in [3.63, 3.8) is 0 Å². The van der Waals surface area contributed by atoms with Crippen molar-refractivity contribution in [3.8, 4) is 0 Å². The van der Waals surface area contributed by atoms with Crippen LogP contribution >= 0.6 is 22.9 Å². The molecule has 1 aromatic heterocycles. The first kappa shape index (κ1) is 22.1. The Kier molecular flexibility index (Phi) is 6.55. The minimum absolute atomic E-state index is 0.224. The number of thiophene rings is 1. The molecule has 0 radical (unpaired) electrons. The fourth-order valence-corrected chi connectivity index (χ4v) is 6.33. The number of fused-ring (bicyclic) bond motifs is 1. The van der Waals surface area contributed by atoms with Crippen molar-refractivity contribution in [1.29, 1.82) is 0 Å². The molecule has 1 heterocycles. The van der Waals surface area contributed by atoms with Crippen LogP contribution in [0, 0.1) is 18.8 Å². The first-order valence-corrected chi connectivity index (χ1v) is 11.9. The highest BCUT2D eigenvalue weighted by Gasteiger charge is 2.37. The predicted octanol–water partition coefficient (Wildman–Crippen LogP) is 5.07. The number of aliphatic hydroxyl groups excluding tert-OH is 1. The van der Waals surface area contributed by atoms with Crippen molar-refractivity contribution >= 4 is 45.5 Å². The summed E-state index contributed by atoms with van der Waals surface area (Å²) in [6.45, 7) is 1.89. The quantitative estimate of drug-likeness (QED) is 0.449. The Hall–Kier alpha value is -2.09. The molecule has 1 saturated carbocycles. The molecule has 3 unspecified atom stereocenters. The van der Waals surface area contributed by atoms with E-state index in [0.29, 0.717) is 34.1 Å². The fourth-order valence-electron chi connectivity index (χ4n) is 4.78. The average Bonchev–Trinajstić information content (AvgIpc) is 3.30. The monoisotopic (exact) mass is 462 g/mol. The molecule has 0 bridgehead atoms. The zero-order valence-electron chi connectivity index (χ0n) is 17.4. The summed E-state index contributed by atoms with van der Waals surface area (Å²) in [7, 11) is 0. The van der Waals surface area contributed by atoms with Gasteiger partial charge in [-0.1, -0.05) is 24.4 Å². The van der Waals surface area contributed by atoms with E-state index in [1.165, 1.54) is 11.3 Å². The number of carbonyl (C=O) groups excluding carboxylic acids is 1. The highest BCUT2D eigenvalue weighted by molar-refractivity contribution is 7.16. The lowest BCUT2D eigenvalue weighted by Crippen LogP contribution is -2.39. The molecule has 0 spiro atoms. The van der Waals surface area contributed by atoms with Crippen LogP contribution in [0.4, 0.5) is 10.7 Å². The lowest BCUT2D eigenvalue weighted by Gasteiger charge is -2.32. The largest absolute Gasteiger partial charge is 0.481 e. The van der Waals surface area contributed by atoms with Crippen LogP contribution in [0.3, 0.4) is 0 Å². The third-order valence-electron chi connectivity index (χ3n) is 6.41. The van der Waals surface area contributed by atoms with Gasteiger partial charge in [-0.05, 0) is 68.4 Å². The summed E-state index contributed by atoms with van der Waals surface area (Å²) in [5.41, 5.74) is 3.15. The van der Waals surface area contributed by atoms with Crippen LogP contribution in [0.25, 0.3) is 0 Å². The first-order chi connectivity index (χ1) is 14.8. The maximum absolute atomic E-state index is 13.3. The number of carboxylic acids is 1. The second-order valence-corrected chi connectivity index (χ2v) is 10.00. The highest BCUT2D eigenvalue weighted by atomic mass is 35.5. The van der Waals surface area contributed by atoms with E-state index in [-0.39, 0.29) is 11.8 Å². The van der Waals surface area contributed by atoms with Crippen LogP contribution in [0.1, 0.15) is 58.5 Å². The Morgan fingerprint density at radius 3 is 2.71 bits per heavy atom. The predicted molar refractivity (Wildman–Crippen MR) is 123 cm³/mol. The van der Waals surface area contributed by atoms with Gasteiger partial charge < -0.3 is 20.8 Å². The maximum Gasteiger partial charge on any atom is 0.306 e. The normalized spacial score (nSPS) is 21.4. The zero-order chi connectivity index (χ0) is 22.1. The number of aryl methyl sites for hydroxylation is 2. The zero-order valence-corrected chi connectivity index (χ0v) is 19.0. The van der Waals surface area contributed by atoms with Gasteiger partial charge in [-0.15, -0.1) is 11.3 Å². The van der Waals surface area contributed by atoms with Gasteiger partial charge in [0.1, 0.15) is 11.2 Å². The van der Waals surface area contributed by atoms with Crippen LogP contribution in [0.15, 0.2) is 18.2 Å². The summed E-state index contributed by atoms with van der Waals surface area (Å²) in [4.78, 5) is 26.1. The average molecular weight is 463 g/mol. The standard InChI is InChI=1S/C23H27ClN2O4S/c1-12-11-13(24)9-10-17(12)25-21(28)19-16-7-4-8-18(16)31-22(19)26-20(27)14-5-2-3-6-15(14)23(29)30/h9-11,14-15,20,26-27H,2-8H2,1H3,(H,25,28)(H,29,30). The molecule has 1 amide bonds. The molecule has 4 rings (SSSR count). The van der Waals surface area contributed by atoms with Crippen LogP contribution in [-0.2, 0) is 17.6 Å². The van der Waals surface area contributed by atoms with E-state index >= 15 is 0 Å². The van der Waals surface area contributed by atoms with E-state index < -0.39 is 18.1 Å². The van der Waals surface area contributed by atoms with Crippen molar-refractivity contribution < 1.29 is 19.8 Å². The van der Waals surface area contributed by atoms with Crippen molar-refractivity contribution in [2.75, 3.05) is 10.6 Å². The molecule has 166 valence electrons. The molecular formula is C23H27ClN2O4S. The number of aliphatic carboxylic acids is 1. The van der Waals surface area contributed by atoms with E-state index in [1.807, 2.05) is 6.92 Å². The van der Waals surface area contributed by atoms with E-state index in [2.05, 4.69) is 10.6 Å². The minimum Gasteiger partial charge on any atom is -0.481 e. The molecule has 1 fully saturated rings. The van der Waals surface area contributed by atoms with Gasteiger partial charge >= 0.3 is 5.97 Å². The SMILES string of the molecule is Cc1cc(Cl)ccc1NC(=O)c1c(NC(O)C2CCCCC2C(=O)O)sc2c1CCC2. The Labute approximate surface area is 190 Å². The summed E-state index contributed by atoms with van der Waals surface area (Å²) in [5.74, 6) is -2.04. The molecule has 2 aromatic rings. The van der Waals surface area contributed by atoms with Gasteiger partial charge in [-0.3, -0.25) is 9.59 Å². The van der Waals surface area contributed by atoms with Gasteiger partial charge in [0.15, 0.2) is 0 Å². The number of anilines is 2. The maximum atomic E-state index is 13.3. The number of benzene rings is 1. The first-order valence-electron chi connectivity index (χ1n) is 10.7. The number of carboxylic acid groups (broad SMARTS) is 1. The van der Waals surface area contributed by atoms with E-state index in [1.54, 1.807) is 18.2 Å². The molecule has 2 aliphatic carbocycles. The molecule has 0 saturated heterocycles. The van der Waals surface area contributed by atoms with Crippen LogP contribution in [-0.4, -0.2) is 28.3 Å². The minimum atomic E-state index is -1.01. The topological polar surface area (TPSA) is 98.7 Å². The Balaban J connectivity index is 1.59. The molecule has 31 heavy (non-hydrogen) atoms. The second-order valence-electron chi connectivity index (χ2n) is 8.46. The lowest BCUT2D eigenvalue weighted by atomic mass is 9.78. The highest BCUT2D eigenvalue weighted by Crippen LogP contribution is 2.41. The lowest BCUT2D eigenvalue weighted by molar-refractivity contribution is -0.146. The smallest absolute Gasteiger partial charge is 0.306 e. The van der Waals surface area contributed by atoms with Crippen molar-refractivity contribution in [2.45, 2.75) is 58.1 Å². The second kappa shape index (κ2) is 9.18. The third-order valence-corrected chi connectivity index (χ3v) is 7.86. The molecule has 4 N–H and O–H groups in total. The molecule has 2 aliphatic rings. The number of carbonyl (C=O) groups is 2. The third kappa shape index (κ3) is 4.59. The van der Waals surface area contributed by atoms with Gasteiger partial charge in [0, 0.05) is 21.5 Å². The number of amides is 1. The number of halogens is 1. The summed E-state index contributed by atoms with van der Waals surface area (Å²) in [6.07, 6.45) is 4.73. The van der Waals surface area contributed by atoms with Crippen molar-refractivity contribution in [3.05, 3.63) is 44.8 Å². The molecule has 8 heteroatoms. The van der Waals surface area contributed by atoms with E-state index in [4.69, 9.17) is 11.6 Å². The molecule has 1 aromatic carbocycles. The van der Waals surface area contributed by atoms with Gasteiger partial charge in [0.05, 0.1) is 11.5 Å². The number of rotatable bonds is 6. The van der Waals surface area contributed by atoms with Gasteiger partial charge in [-0.25, -0.2) is 0 Å². The van der Waals surface area contributed by atoms with Crippen molar-refractivity contribution in [2.24, 2.45) is 11.8 Å². The number of hydrogen-bond donors (Lipinski definition) is 4.